The van der Waals surface area contributed by atoms with Gasteiger partial charge in [-0.3, -0.25) is 0 Å². The molecule has 0 aliphatic rings. The number of nitrogens with zero attached hydrogens (tertiary/aromatic N) is 3. The molecule has 0 atom stereocenters. The third-order valence-corrected chi connectivity index (χ3v) is 3.36. The molecule has 0 amide bonds. The lowest BCUT2D eigenvalue weighted by Crippen LogP contribution is -2.20. The molecule has 3 nitrogen and oxygen atoms in total. The van der Waals surface area contributed by atoms with E-state index in [9.17, 15) is 0 Å². The van der Waals surface area contributed by atoms with E-state index in [4.69, 9.17) is 11.6 Å². The van der Waals surface area contributed by atoms with Gasteiger partial charge in [0.2, 0.25) is 0 Å². The van der Waals surface area contributed by atoms with E-state index in [-0.39, 0.29) is 0 Å². The van der Waals surface area contributed by atoms with Crippen molar-refractivity contribution in [1.82, 2.24) is 10.2 Å². The largest absolute Gasteiger partial charge is 0.358 e. The van der Waals surface area contributed by atoms with Crippen molar-refractivity contribution in [3.63, 3.8) is 0 Å². The Morgan fingerprint density at radius 1 is 1.11 bits per heavy atom. The van der Waals surface area contributed by atoms with Gasteiger partial charge in [0.25, 0.3) is 0 Å². The minimum atomic E-state index is 0.469. The molecule has 2 rings (SSSR count). The molecule has 0 saturated carbocycles. The standard InChI is InChI=1S/C14H18ClN3/c1-3-4-7-10-18(2)14-12-9-6-5-8-11(12)13(15)16-17-14/h5-6,8-9H,3-4,7,10H2,1-2H3. The minimum absolute atomic E-state index is 0.469. The molecule has 1 aromatic heterocycles. The van der Waals surface area contributed by atoms with Crippen LogP contribution in [-0.2, 0) is 0 Å². The fourth-order valence-electron chi connectivity index (χ4n) is 2.04. The van der Waals surface area contributed by atoms with Crippen LogP contribution >= 0.6 is 11.6 Å². The predicted molar refractivity (Wildman–Crippen MR) is 77.3 cm³/mol. The van der Waals surface area contributed by atoms with E-state index in [0.29, 0.717) is 5.15 Å². The molecule has 0 radical (unpaired) electrons. The van der Waals surface area contributed by atoms with Crippen molar-refractivity contribution < 1.29 is 0 Å². The molecule has 18 heavy (non-hydrogen) atoms. The summed E-state index contributed by atoms with van der Waals surface area (Å²) in [6.45, 7) is 3.20. The maximum absolute atomic E-state index is 6.07. The Morgan fingerprint density at radius 3 is 2.56 bits per heavy atom. The molecule has 0 aliphatic heterocycles. The van der Waals surface area contributed by atoms with Gasteiger partial charge in [0.05, 0.1) is 0 Å². The number of unbranched alkanes of at least 4 members (excludes halogenated alkanes) is 2. The van der Waals surface area contributed by atoms with Crippen molar-refractivity contribution in [2.75, 3.05) is 18.5 Å². The topological polar surface area (TPSA) is 29.0 Å². The summed E-state index contributed by atoms with van der Waals surface area (Å²) in [5, 5.41) is 10.8. The number of rotatable bonds is 5. The second kappa shape index (κ2) is 6.01. The van der Waals surface area contributed by atoms with E-state index >= 15 is 0 Å². The molecule has 1 heterocycles. The minimum Gasteiger partial charge on any atom is -0.358 e. The number of benzene rings is 1. The van der Waals surface area contributed by atoms with Crippen molar-refractivity contribution in [3.05, 3.63) is 29.4 Å². The summed E-state index contributed by atoms with van der Waals surface area (Å²) >= 11 is 6.07. The number of anilines is 1. The van der Waals surface area contributed by atoms with Crippen molar-refractivity contribution in [2.45, 2.75) is 26.2 Å². The zero-order valence-electron chi connectivity index (χ0n) is 10.9. The van der Waals surface area contributed by atoms with Crippen LogP contribution in [0.15, 0.2) is 24.3 Å². The van der Waals surface area contributed by atoms with Crippen LogP contribution in [-0.4, -0.2) is 23.8 Å². The van der Waals surface area contributed by atoms with Crippen LogP contribution in [0.25, 0.3) is 10.8 Å². The Kier molecular flexibility index (Phi) is 4.37. The number of halogens is 1. The van der Waals surface area contributed by atoms with E-state index < -0.39 is 0 Å². The Morgan fingerprint density at radius 2 is 1.83 bits per heavy atom. The number of fused-ring (bicyclic) bond motifs is 1. The van der Waals surface area contributed by atoms with E-state index in [2.05, 4.69) is 29.1 Å². The zero-order valence-corrected chi connectivity index (χ0v) is 11.6. The molecule has 0 spiro atoms. The number of aromatic nitrogens is 2. The maximum atomic E-state index is 6.07. The van der Waals surface area contributed by atoms with Crippen LogP contribution in [0.1, 0.15) is 26.2 Å². The Balaban J connectivity index is 2.30. The first kappa shape index (κ1) is 13.1. The third kappa shape index (κ3) is 2.72. The van der Waals surface area contributed by atoms with Crippen LogP contribution in [0.4, 0.5) is 5.82 Å². The van der Waals surface area contributed by atoms with Gasteiger partial charge in [0, 0.05) is 24.4 Å². The molecule has 4 heteroatoms. The molecular formula is C14H18ClN3. The quantitative estimate of drug-likeness (QED) is 0.766. The summed E-state index contributed by atoms with van der Waals surface area (Å²) < 4.78 is 0. The highest BCUT2D eigenvalue weighted by Gasteiger charge is 2.10. The normalized spacial score (nSPS) is 10.8. The average Bonchev–Trinajstić information content (AvgIpc) is 2.39. The smallest absolute Gasteiger partial charge is 0.159 e. The van der Waals surface area contributed by atoms with Crippen LogP contribution in [0.2, 0.25) is 5.15 Å². The molecule has 0 N–H and O–H groups in total. The number of hydrogen-bond donors (Lipinski definition) is 0. The second-order valence-corrected chi connectivity index (χ2v) is 4.85. The first-order valence-corrected chi connectivity index (χ1v) is 6.74. The fraction of sp³-hybridized carbons (Fsp3) is 0.429. The molecule has 1 aromatic carbocycles. The Bertz CT molecular complexity index is 527. The lowest BCUT2D eigenvalue weighted by molar-refractivity contribution is 0.700. The van der Waals surface area contributed by atoms with Gasteiger partial charge < -0.3 is 4.90 Å². The molecule has 0 fully saturated rings. The molecule has 0 bridgehead atoms. The van der Waals surface area contributed by atoms with Gasteiger partial charge in [-0.25, -0.2) is 0 Å². The third-order valence-electron chi connectivity index (χ3n) is 3.08. The number of hydrogen-bond acceptors (Lipinski definition) is 3. The molecule has 0 unspecified atom stereocenters. The molecule has 96 valence electrons. The average molecular weight is 264 g/mol. The molecule has 2 aromatic rings. The van der Waals surface area contributed by atoms with Gasteiger partial charge >= 0.3 is 0 Å². The van der Waals surface area contributed by atoms with Crippen molar-refractivity contribution in [2.24, 2.45) is 0 Å². The molecule has 0 aliphatic carbocycles. The monoisotopic (exact) mass is 263 g/mol. The van der Waals surface area contributed by atoms with Crippen LogP contribution < -0.4 is 4.90 Å². The highest BCUT2D eigenvalue weighted by molar-refractivity contribution is 6.34. The SMILES string of the molecule is CCCCCN(C)c1nnc(Cl)c2ccccc12. The van der Waals surface area contributed by atoms with Crippen molar-refractivity contribution in [1.29, 1.82) is 0 Å². The highest BCUT2D eigenvalue weighted by atomic mass is 35.5. The molecular weight excluding hydrogens is 246 g/mol. The van der Waals surface area contributed by atoms with E-state index in [1.54, 1.807) is 0 Å². The lowest BCUT2D eigenvalue weighted by Gasteiger charge is -2.19. The van der Waals surface area contributed by atoms with E-state index in [0.717, 1.165) is 23.1 Å². The van der Waals surface area contributed by atoms with Crippen LogP contribution in [0.5, 0.6) is 0 Å². The first-order valence-electron chi connectivity index (χ1n) is 6.36. The Labute approximate surface area is 113 Å². The summed E-state index contributed by atoms with van der Waals surface area (Å²) in [4.78, 5) is 2.15. The summed E-state index contributed by atoms with van der Waals surface area (Å²) in [5.74, 6) is 0.908. The van der Waals surface area contributed by atoms with Gasteiger partial charge in [-0.1, -0.05) is 55.6 Å². The van der Waals surface area contributed by atoms with Gasteiger partial charge in [-0.2, -0.15) is 0 Å². The fourth-order valence-corrected chi connectivity index (χ4v) is 2.25. The summed E-state index contributed by atoms with van der Waals surface area (Å²) in [7, 11) is 2.06. The van der Waals surface area contributed by atoms with E-state index in [1.165, 1.54) is 19.3 Å². The summed E-state index contributed by atoms with van der Waals surface area (Å²) in [6.07, 6.45) is 3.63. The van der Waals surface area contributed by atoms with Gasteiger partial charge in [0.15, 0.2) is 11.0 Å². The van der Waals surface area contributed by atoms with Crippen molar-refractivity contribution >= 4 is 28.2 Å². The molecule has 0 saturated heterocycles. The van der Waals surface area contributed by atoms with Gasteiger partial charge in [-0.15, -0.1) is 10.2 Å². The predicted octanol–water partition coefficient (Wildman–Crippen LogP) is 3.91. The van der Waals surface area contributed by atoms with Crippen LogP contribution in [0, 0.1) is 0 Å². The van der Waals surface area contributed by atoms with E-state index in [1.807, 2.05) is 24.3 Å². The maximum Gasteiger partial charge on any atom is 0.159 e. The lowest BCUT2D eigenvalue weighted by atomic mass is 10.2. The van der Waals surface area contributed by atoms with Crippen molar-refractivity contribution in [3.8, 4) is 0 Å². The van der Waals surface area contributed by atoms with Gasteiger partial charge in [-0.05, 0) is 6.42 Å². The summed E-state index contributed by atoms with van der Waals surface area (Å²) in [5.41, 5.74) is 0. The zero-order chi connectivity index (χ0) is 13.0. The first-order chi connectivity index (χ1) is 8.74. The highest BCUT2D eigenvalue weighted by Crippen LogP contribution is 2.27. The Hall–Kier alpha value is -1.35. The van der Waals surface area contributed by atoms with Gasteiger partial charge in [0.1, 0.15) is 0 Å². The summed E-state index contributed by atoms with van der Waals surface area (Å²) in [6, 6.07) is 8.00. The van der Waals surface area contributed by atoms with Crippen LogP contribution in [0.3, 0.4) is 0 Å². The second-order valence-electron chi connectivity index (χ2n) is 4.49.